The van der Waals surface area contributed by atoms with E-state index in [9.17, 15) is 14.4 Å². The number of carbonyl (C=O) groups is 3. The van der Waals surface area contributed by atoms with Crippen molar-refractivity contribution in [2.75, 3.05) is 5.32 Å². The summed E-state index contributed by atoms with van der Waals surface area (Å²) in [4.78, 5) is 39.5. The van der Waals surface area contributed by atoms with Gasteiger partial charge in [-0.2, -0.15) is 0 Å². The average Bonchev–Trinajstić information content (AvgIpc) is 2.78. The van der Waals surface area contributed by atoms with Gasteiger partial charge in [0.2, 0.25) is 17.7 Å². The van der Waals surface area contributed by atoms with Gasteiger partial charge in [0.05, 0.1) is 6.04 Å². The predicted molar refractivity (Wildman–Crippen MR) is 126 cm³/mol. The summed E-state index contributed by atoms with van der Waals surface area (Å²) < 4.78 is 0. The largest absolute Gasteiger partial charge is 0.348 e. The molecule has 6 heteroatoms. The van der Waals surface area contributed by atoms with E-state index in [-0.39, 0.29) is 29.7 Å². The topological polar surface area (TPSA) is 78.5 Å². The third-order valence-corrected chi connectivity index (χ3v) is 5.83. The summed E-state index contributed by atoms with van der Waals surface area (Å²) in [7, 11) is 0. The highest BCUT2D eigenvalue weighted by Crippen LogP contribution is 2.26. The quantitative estimate of drug-likeness (QED) is 0.684. The third kappa shape index (κ3) is 5.75. The minimum absolute atomic E-state index is 0.0123. The maximum absolute atomic E-state index is 13.3. The van der Waals surface area contributed by atoms with Crippen molar-refractivity contribution >= 4 is 23.4 Å². The molecule has 0 bridgehead atoms. The first-order chi connectivity index (χ1) is 15.3. The second-order valence-electron chi connectivity index (χ2n) is 8.86. The summed E-state index contributed by atoms with van der Waals surface area (Å²) in [5.41, 5.74) is 3.88. The van der Waals surface area contributed by atoms with Crippen molar-refractivity contribution in [3.8, 4) is 0 Å². The van der Waals surface area contributed by atoms with Crippen LogP contribution in [0.4, 0.5) is 5.69 Å². The van der Waals surface area contributed by atoms with Gasteiger partial charge in [-0.3, -0.25) is 14.4 Å². The van der Waals surface area contributed by atoms with Crippen molar-refractivity contribution in [3.63, 3.8) is 0 Å². The molecule has 1 aliphatic heterocycles. The standard InChI is InChI=1S/C26H33N3O3/c1-5-24(30)28-22-12-10-19(11-13-22)18(4)27-26(32)23-15-20-8-6-7-9-21(20)16-29(23)25(31)14-17(2)3/h6-13,17-18,23H,5,14-16H2,1-4H3,(H,27,32)(H,28,30). The van der Waals surface area contributed by atoms with E-state index in [1.807, 2.05) is 69.3 Å². The Morgan fingerprint density at radius 3 is 2.28 bits per heavy atom. The Hall–Kier alpha value is -3.15. The number of nitrogens with one attached hydrogen (secondary N) is 2. The van der Waals surface area contributed by atoms with Gasteiger partial charge in [0.25, 0.3) is 0 Å². The van der Waals surface area contributed by atoms with Gasteiger partial charge < -0.3 is 15.5 Å². The zero-order valence-electron chi connectivity index (χ0n) is 19.4. The molecule has 6 nitrogen and oxygen atoms in total. The van der Waals surface area contributed by atoms with E-state index in [4.69, 9.17) is 0 Å². The van der Waals surface area contributed by atoms with Crippen LogP contribution in [-0.4, -0.2) is 28.7 Å². The number of fused-ring (bicyclic) bond motifs is 1. The first-order valence-corrected chi connectivity index (χ1v) is 11.3. The van der Waals surface area contributed by atoms with Crippen molar-refractivity contribution in [3.05, 3.63) is 65.2 Å². The normalized spacial score (nSPS) is 16.3. The fourth-order valence-corrected chi connectivity index (χ4v) is 3.98. The number of anilines is 1. The number of hydrogen-bond acceptors (Lipinski definition) is 3. The van der Waals surface area contributed by atoms with Gasteiger partial charge in [-0.25, -0.2) is 0 Å². The van der Waals surface area contributed by atoms with E-state index >= 15 is 0 Å². The lowest BCUT2D eigenvalue weighted by molar-refractivity contribution is -0.142. The predicted octanol–water partition coefficient (Wildman–Crippen LogP) is 4.21. The monoisotopic (exact) mass is 435 g/mol. The number of rotatable bonds is 7. The summed E-state index contributed by atoms with van der Waals surface area (Å²) >= 11 is 0. The summed E-state index contributed by atoms with van der Waals surface area (Å²) in [6.45, 7) is 8.22. The number of amides is 3. The molecular formula is C26H33N3O3. The van der Waals surface area contributed by atoms with Gasteiger partial charge in [0, 0.05) is 31.5 Å². The van der Waals surface area contributed by atoms with Crippen molar-refractivity contribution in [1.82, 2.24) is 10.2 Å². The number of carbonyl (C=O) groups excluding carboxylic acids is 3. The molecule has 2 aromatic rings. The summed E-state index contributed by atoms with van der Waals surface area (Å²) in [6, 6.07) is 14.7. The zero-order chi connectivity index (χ0) is 23.3. The lowest BCUT2D eigenvalue weighted by Crippen LogP contribution is -2.53. The fourth-order valence-electron chi connectivity index (χ4n) is 3.98. The molecule has 2 aromatic carbocycles. The van der Waals surface area contributed by atoms with Crippen LogP contribution in [0.15, 0.2) is 48.5 Å². The molecule has 32 heavy (non-hydrogen) atoms. The van der Waals surface area contributed by atoms with Crippen LogP contribution >= 0.6 is 0 Å². The minimum Gasteiger partial charge on any atom is -0.348 e. The summed E-state index contributed by atoms with van der Waals surface area (Å²) in [6.07, 6.45) is 1.36. The number of hydrogen-bond donors (Lipinski definition) is 2. The smallest absolute Gasteiger partial charge is 0.243 e. The second-order valence-corrected chi connectivity index (χ2v) is 8.86. The van der Waals surface area contributed by atoms with E-state index in [2.05, 4.69) is 10.6 Å². The number of nitrogens with zero attached hydrogens (tertiary/aromatic N) is 1. The van der Waals surface area contributed by atoms with Gasteiger partial charge in [-0.05, 0) is 41.7 Å². The molecular weight excluding hydrogens is 402 g/mol. The lowest BCUT2D eigenvalue weighted by Gasteiger charge is -2.37. The van der Waals surface area contributed by atoms with Crippen LogP contribution in [-0.2, 0) is 27.3 Å². The highest BCUT2D eigenvalue weighted by molar-refractivity contribution is 5.90. The second kappa shape index (κ2) is 10.4. The van der Waals surface area contributed by atoms with E-state index in [1.165, 1.54) is 0 Å². The fraction of sp³-hybridized carbons (Fsp3) is 0.423. The van der Waals surface area contributed by atoms with E-state index in [0.29, 0.717) is 25.8 Å². The molecule has 1 heterocycles. The Kier molecular flexibility index (Phi) is 7.67. The molecule has 0 spiro atoms. The average molecular weight is 436 g/mol. The molecule has 2 unspecified atom stereocenters. The molecule has 1 aliphatic rings. The van der Waals surface area contributed by atoms with Crippen molar-refractivity contribution < 1.29 is 14.4 Å². The Balaban J connectivity index is 1.73. The van der Waals surface area contributed by atoms with Crippen LogP contribution in [0, 0.1) is 5.92 Å². The minimum atomic E-state index is -0.526. The van der Waals surface area contributed by atoms with Gasteiger partial charge in [0.1, 0.15) is 6.04 Å². The van der Waals surface area contributed by atoms with Crippen LogP contribution in [0.1, 0.15) is 63.3 Å². The van der Waals surface area contributed by atoms with E-state index < -0.39 is 6.04 Å². The number of benzene rings is 2. The Labute approximate surface area is 190 Å². The van der Waals surface area contributed by atoms with Crippen LogP contribution in [0.5, 0.6) is 0 Å². The molecule has 0 saturated heterocycles. The highest BCUT2D eigenvalue weighted by atomic mass is 16.2. The Bertz CT molecular complexity index is 969. The molecule has 3 amide bonds. The third-order valence-electron chi connectivity index (χ3n) is 5.83. The van der Waals surface area contributed by atoms with Crippen molar-refractivity contribution in [1.29, 1.82) is 0 Å². The van der Waals surface area contributed by atoms with Gasteiger partial charge in [0.15, 0.2) is 0 Å². The van der Waals surface area contributed by atoms with Crippen LogP contribution in [0.2, 0.25) is 0 Å². The SMILES string of the molecule is CCC(=O)Nc1ccc(C(C)NC(=O)C2Cc3ccccc3CN2C(=O)CC(C)C)cc1. The summed E-state index contributed by atoms with van der Waals surface area (Å²) in [5.74, 6) is 0.0580. The molecule has 2 atom stereocenters. The molecule has 3 rings (SSSR count). The maximum Gasteiger partial charge on any atom is 0.243 e. The molecule has 0 saturated carbocycles. The van der Waals surface area contributed by atoms with Crippen LogP contribution < -0.4 is 10.6 Å². The Morgan fingerprint density at radius 2 is 1.66 bits per heavy atom. The molecule has 0 aliphatic carbocycles. The molecule has 170 valence electrons. The van der Waals surface area contributed by atoms with E-state index in [0.717, 1.165) is 22.4 Å². The van der Waals surface area contributed by atoms with Crippen LogP contribution in [0.25, 0.3) is 0 Å². The molecule has 2 N–H and O–H groups in total. The first kappa shape index (κ1) is 23.5. The lowest BCUT2D eigenvalue weighted by atomic mass is 9.92. The van der Waals surface area contributed by atoms with Crippen LogP contribution in [0.3, 0.4) is 0 Å². The summed E-state index contributed by atoms with van der Waals surface area (Å²) in [5, 5.41) is 5.91. The Morgan fingerprint density at radius 1 is 1.00 bits per heavy atom. The molecule has 0 radical (unpaired) electrons. The zero-order valence-corrected chi connectivity index (χ0v) is 19.4. The van der Waals surface area contributed by atoms with Crippen molar-refractivity contribution in [2.24, 2.45) is 5.92 Å². The molecule has 0 fully saturated rings. The van der Waals surface area contributed by atoms with E-state index in [1.54, 1.807) is 11.8 Å². The maximum atomic E-state index is 13.3. The highest BCUT2D eigenvalue weighted by Gasteiger charge is 2.35. The first-order valence-electron chi connectivity index (χ1n) is 11.3. The molecule has 0 aromatic heterocycles. The van der Waals surface area contributed by atoms with Gasteiger partial charge in [-0.15, -0.1) is 0 Å². The van der Waals surface area contributed by atoms with Gasteiger partial charge >= 0.3 is 0 Å². The van der Waals surface area contributed by atoms with Crippen molar-refractivity contribution in [2.45, 2.75) is 65.6 Å². The van der Waals surface area contributed by atoms with Gasteiger partial charge in [-0.1, -0.05) is 57.2 Å².